The minimum Gasteiger partial charge on any atom is -0.350 e. The van der Waals surface area contributed by atoms with Gasteiger partial charge in [0.1, 0.15) is 0 Å². The van der Waals surface area contributed by atoms with Gasteiger partial charge in [0.2, 0.25) is 5.95 Å². The van der Waals surface area contributed by atoms with Gasteiger partial charge in [0.25, 0.3) is 5.69 Å². The summed E-state index contributed by atoms with van der Waals surface area (Å²) in [5.41, 5.74) is 4.05. The molecule has 3 rings (SSSR count). The highest BCUT2D eigenvalue weighted by Crippen LogP contribution is 2.20. The molecule has 0 bridgehead atoms. The topological polar surface area (TPSA) is 96.7 Å². The maximum absolute atomic E-state index is 10.7. The molecule has 0 saturated carbocycles. The van der Waals surface area contributed by atoms with Crippen LogP contribution in [0.15, 0.2) is 29.1 Å². The molecule has 0 aliphatic heterocycles. The molecule has 0 fully saturated rings. The van der Waals surface area contributed by atoms with Crippen LogP contribution in [0.1, 0.15) is 5.69 Å². The molecule has 0 radical (unpaired) electrons. The fourth-order valence-electron chi connectivity index (χ4n) is 1.69. The number of hydrogen-bond donors (Lipinski definition) is 2. The first-order chi connectivity index (χ1) is 9.22. The van der Waals surface area contributed by atoms with E-state index in [2.05, 4.69) is 20.3 Å². The average Bonchev–Trinajstić information content (AvgIpc) is 3.04. The first kappa shape index (κ1) is 11.6. The van der Waals surface area contributed by atoms with Crippen molar-refractivity contribution in [3.63, 3.8) is 0 Å². The summed E-state index contributed by atoms with van der Waals surface area (Å²) < 4.78 is 0. The second-order valence-corrected chi connectivity index (χ2v) is 4.60. The molecule has 96 valence electrons. The quantitative estimate of drug-likeness (QED) is 0.563. The Labute approximate surface area is 111 Å². The van der Waals surface area contributed by atoms with Gasteiger partial charge in [0.15, 0.2) is 0 Å². The van der Waals surface area contributed by atoms with E-state index in [0.717, 1.165) is 5.69 Å². The molecule has 0 aliphatic rings. The summed E-state index contributed by atoms with van der Waals surface area (Å²) in [6.07, 6.45) is 0. The van der Waals surface area contributed by atoms with Crippen molar-refractivity contribution < 1.29 is 4.92 Å². The minimum atomic E-state index is -0.428. The first-order valence-electron chi connectivity index (χ1n) is 5.47. The number of aromatic amines is 1. The van der Waals surface area contributed by atoms with Crippen LogP contribution in [0.4, 0.5) is 11.6 Å². The highest BCUT2D eigenvalue weighted by Gasteiger charge is 2.09. The Bertz CT molecular complexity index is 722. The van der Waals surface area contributed by atoms with Gasteiger partial charge in [-0.15, -0.1) is 11.3 Å². The van der Waals surface area contributed by atoms with E-state index in [9.17, 15) is 10.1 Å². The van der Waals surface area contributed by atoms with E-state index in [4.69, 9.17) is 0 Å². The summed E-state index contributed by atoms with van der Waals surface area (Å²) in [5, 5.41) is 15.7. The number of non-ortho nitro benzene ring substituents is 1. The predicted molar refractivity (Wildman–Crippen MR) is 72.2 cm³/mol. The zero-order valence-corrected chi connectivity index (χ0v) is 10.5. The van der Waals surface area contributed by atoms with E-state index < -0.39 is 4.92 Å². The van der Waals surface area contributed by atoms with Crippen LogP contribution in [0.25, 0.3) is 11.0 Å². The Hall–Kier alpha value is -2.48. The summed E-state index contributed by atoms with van der Waals surface area (Å²) in [7, 11) is 0. The van der Waals surface area contributed by atoms with E-state index in [-0.39, 0.29) is 5.69 Å². The normalized spacial score (nSPS) is 10.7. The summed E-state index contributed by atoms with van der Waals surface area (Å²) in [6.45, 7) is 0.561. The van der Waals surface area contributed by atoms with Crippen molar-refractivity contribution >= 4 is 34.0 Å². The Morgan fingerprint density at radius 3 is 3.11 bits per heavy atom. The van der Waals surface area contributed by atoms with Gasteiger partial charge in [0.05, 0.1) is 33.7 Å². The molecule has 0 saturated heterocycles. The number of benzene rings is 1. The molecule has 2 heterocycles. The lowest BCUT2D eigenvalue weighted by atomic mass is 10.3. The number of rotatable bonds is 4. The molecule has 2 N–H and O–H groups in total. The van der Waals surface area contributed by atoms with Crippen LogP contribution < -0.4 is 5.32 Å². The zero-order chi connectivity index (χ0) is 13.2. The Morgan fingerprint density at radius 2 is 2.37 bits per heavy atom. The lowest BCUT2D eigenvalue weighted by molar-refractivity contribution is -0.384. The summed E-state index contributed by atoms with van der Waals surface area (Å²) in [5.74, 6) is 0.573. The van der Waals surface area contributed by atoms with Crippen molar-refractivity contribution in [2.75, 3.05) is 5.32 Å². The second kappa shape index (κ2) is 4.65. The molecule has 0 amide bonds. The molecule has 1 aromatic carbocycles. The molecule has 8 heteroatoms. The first-order valence-corrected chi connectivity index (χ1v) is 6.42. The maximum atomic E-state index is 10.7. The Balaban J connectivity index is 1.83. The number of fused-ring (bicyclic) bond motifs is 1. The van der Waals surface area contributed by atoms with Crippen LogP contribution in [0.3, 0.4) is 0 Å². The van der Waals surface area contributed by atoms with Crippen molar-refractivity contribution in [3.05, 3.63) is 44.9 Å². The molecule has 19 heavy (non-hydrogen) atoms. The largest absolute Gasteiger partial charge is 0.350 e. The van der Waals surface area contributed by atoms with Gasteiger partial charge in [-0.1, -0.05) is 0 Å². The third-order valence-corrected chi connectivity index (χ3v) is 3.23. The van der Waals surface area contributed by atoms with Crippen molar-refractivity contribution in [2.24, 2.45) is 0 Å². The fourth-order valence-corrected chi connectivity index (χ4v) is 2.25. The number of nitro groups is 1. The number of nitrogens with one attached hydrogen (secondary N) is 2. The highest BCUT2D eigenvalue weighted by atomic mass is 32.1. The molecule has 0 atom stereocenters. The number of nitrogens with zero attached hydrogens (tertiary/aromatic N) is 3. The third kappa shape index (κ3) is 2.38. The van der Waals surface area contributed by atoms with Crippen molar-refractivity contribution in [2.45, 2.75) is 6.54 Å². The number of anilines is 1. The lowest BCUT2D eigenvalue weighted by Crippen LogP contribution is -2.00. The van der Waals surface area contributed by atoms with Gasteiger partial charge < -0.3 is 10.3 Å². The second-order valence-electron chi connectivity index (χ2n) is 3.88. The van der Waals surface area contributed by atoms with E-state index >= 15 is 0 Å². The van der Waals surface area contributed by atoms with Crippen molar-refractivity contribution in [1.82, 2.24) is 15.0 Å². The van der Waals surface area contributed by atoms with Crippen LogP contribution in [0.2, 0.25) is 0 Å². The van der Waals surface area contributed by atoms with Crippen LogP contribution in [0, 0.1) is 10.1 Å². The lowest BCUT2D eigenvalue weighted by Gasteiger charge is -1.97. The Kier molecular flexibility index (Phi) is 2.84. The molecule has 2 aromatic heterocycles. The van der Waals surface area contributed by atoms with Crippen LogP contribution in [-0.4, -0.2) is 19.9 Å². The zero-order valence-electron chi connectivity index (χ0n) is 9.66. The van der Waals surface area contributed by atoms with E-state index in [1.807, 2.05) is 5.38 Å². The predicted octanol–water partition coefficient (Wildman–Crippen LogP) is 2.54. The molecular formula is C11H9N5O2S. The SMILES string of the molecule is O=[N+]([O-])c1ccc2nc(NCc3cscn3)[nH]c2c1. The molecule has 0 spiro atoms. The minimum absolute atomic E-state index is 0.0437. The van der Waals surface area contributed by atoms with Crippen LogP contribution in [-0.2, 0) is 6.54 Å². The monoisotopic (exact) mass is 275 g/mol. The van der Waals surface area contributed by atoms with E-state index in [1.165, 1.54) is 23.5 Å². The third-order valence-electron chi connectivity index (χ3n) is 2.60. The molecular weight excluding hydrogens is 266 g/mol. The van der Waals surface area contributed by atoms with E-state index in [1.54, 1.807) is 11.6 Å². The van der Waals surface area contributed by atoms with Gasteiger partial charge in [0, 0.05) is 17.5 Å². The number of nitro benzene ring substituents is 1. The number of hydrogen-bond acceptors (Lipinski definition) is 6. The molecule has 7 nitrogen and oxygen atoms in total. The summed E-state index contributed by atoms with van der Waals surface area (Å²) in [4.78, 5) is 21.7. The van der Waals surface area contributed by atoms with Gasteiger partial charge in [-0.3, -0.25) is 10.1 Å². The van der Waals surface area contributed by atoms with Crippen molar-refractivity contribution in [3.8, 4) is 0 Å². The molecule has 0 unspecified atom stereocenters. The van der Waals surface area contributed by atoms with Gasteiger partial charge in [-0.25, -0.2) is 9.97 Å². The maximum Gasteiger partial charge on any atom is 0.271 e. The standard InChI is InChI=1S/C11H9N5O2S/c17-16(18)8-1-2-9-10(3-8)15-11(14-9)12-4-7-5-19-6-13-7/h1-3,5-6H,4H2,(H2,12,14,15). The fraction of sp³-hybridized carbons (Fsp3) is 0.0909. The van der Waals surface area contributed by atoms with Gasteiger partial charge >= 0.3 is 0 Å². The smallest absolute Gasteiger partial charge is 0.271 e. The molecule has 0 aliphatic carbocycles. The Morgan fingerprint density at radius 1 is 1.47 bits per heavy atom. The number of H-pyrrole nitrogens is 1. The summed E-state index contributed by atoms with van der Waals surface area (Å²) in [6, 6.07) is 4.53. The number of aromatic nitrogens is 3. The number of thiazole rings is 1. The van der Waals surface area contributed by atoms with Gasteiger partial charge in [-0.2, -0.15) is 0 Å². The highest BCUT2D eigenvalue weighted by molar-refractivity contribution is 7.07. The molecule has 3 aromatic rings. The van der Waals surface area contributed by atoms with Gasteiger partial charge in [-0.05, 0) is 6.07 Å². The van der Waals surface area contributed by atoms with Crippen LogP contribution >= 0.6 is 11.3 Å². The van der Waals surface area contributed by atoms with Crippen LogP contribution in [0.5, 0.6) is 0 Å². The average molecular weight is 275 g/mol. The summed E-state index contributed by atoms with van der Waals surface area (Å²) >= 11 is 1.53. The number of imidazole rings is 1. The van der Waals surface area contributed by atoms with Crippen molar-refractivity contribution in [1.29, 1.82) is 0 Å². The van der Waals surface area contributed by atoms with E-state index in [0.29, 0.717) is 23.5 Å².